The Morgan fingerprint density at radius 3 is 1.08 bits per heavy atom. The zero-order valence-electron chi connectivity index (χ0n) is 43.7. The molecule has 6 saturated heterocycles. The Bertz CT molecular complexity index is 1710. The lowest BCUT2D eigenvalue weighted by Crippen LogP contribution is -2.59. The summed E-state index contributed by atoms with van der Waals surface area (Å²) in [5, 5.41) is 201. The van der Waals surface area contributed by atoms with E-state index in [0.717, 1.165) is 32.1 Å². The minimum Gasteiger partial charge on any atom is -0.394 e. The molecule has 0 amide bonds. The van der Waals surface area contributed by atoms with Gasteiger partial charge in [0.25, 0.3) is 0 Å². The second-order valence-corrected chi connectivity index (χ2v) is 20.9. The Kier molecular flexibility index (Phi) is 26.9. The fourth-order valence-corrected chi connectivity index (χ4v) is 10.2. The summed E-state index contributed by atoms with van der Waals surface area (Å²) >= 11 is 0. The summed E-state index contributed by atoms with van der Waals surface area (Å²) in [6.07, 6.45) is -42.8. The number of hydrogen-bond acceptors (Lipinski definition) is 31. The lowest BCUT2D eigenvalue weighted by atomic mass is 9.99. The van der Waals surface area contributed by atoms with E-state index < -0.39 is 224 Å². The van der Waals surface area contributed by atoms with Crippen molar-refractivity contribution in [2.75, 3.05) is 46.2 Å². The molecule has 19 N–H and O–H groups in total. The normalized spacial score (nSPS) is 44.4. The van der Waals surface area contributed by atoms with Gasteiger partial charge in [0.2, 0.25) is 0 Å². The van der Waals surface area contributed by atoms with Crippen LogP contribution in [0.4, 0.5) is 0 Å². The second kappa shape index (κ2) is 31.8. The lowest BCUT2D eigenvalue weighted by Gasteiger charge is -2.40. The summed E-state index contributed by atoms with van der Waals surface area (Å²) in [7, 11) is 0. The molecule has 0 saturated carbocycles. The minimum atomic E-state index is -1.99. The van der Waals surface area contributed by atoms with Gasteiger partial charge in [-0.05, 0) is 6.42 Å². The number of aliphatic hydroxyl groups is 19. The Morgan fingerprint density at radius 2 is 0.658 bits per heavy atom. The van der Waals surface area contributed by atoms with Gasteiger partial charge in [0.15, 0.2) is 37.7 Å². The van der Waals surface area contributed by atoms with Crippen LogP contribution in [0.2, 0.25) is 0 Å². The first-order chi connectivity index (χ1) is 37.7. The summed E-state index contributed by atoms with van der Waals surface area (Å²) in [6, 6.07) is 0. The molecule has 0 bridgehead atoms. The van der Waals surface area contributed by atoms with Crippen molar-refractivity contribution in [3.05, 3.63) is 0 Å². The van der Waals surface area contributed by atoms with E-state index in [2.05, 4.69) is 6.92 Å². The molecule has 6 fully saturated rings. The van der Waals surface area contributed by atoms with E-state index in [1.54, 1.807) is 0 Å². The molecular formula is C48H86O31. The maximum Gasteiger partial charge on any atom is 0.187 e. The van der Waals surface area contributed by atoms with Crippen LogP contribution in [0.1, 0.15) is 71.1 Å². The second-order valence-electron chi connectivity index (χ2n) is 20.9. The van der Waals surface area contributed by atoms with Crippen LogP contribution in [-0.2, 0) is 56.8 Å². The van der Waals surface area contributed by atoms with Gasteiger partial charge in [0.1, 0.15) is 146 Å². The zero-order valence-corrected chi connectivity index (χ0v) is 43.7. The van der Waals surface area contributed by atoms with E-state index >= 15 is 0 Å². The molecule has 0 aliphatic carbocycles. The van der Waals surface area contributed by atoms with Crippen molar-refractivity contribution in [1.82, 2.24) is 0 Å². The number of rotatable bonds is 32. The topological polar surface area (TPSA) is 495 Å². The molecule has 0 spiro atoms. The predicted molar refractivity (Wildman–Crippen MR) is 255 cm³/mol. The largest absolute Gasteiger partial charge is 0.394 e. The SMILES string of the molecule is CCCCCCCCCCCCO[C@@H]1O[C@@H]([C@@H](CO[C@H]2O[C@H](CO)[C@H](O)[C@H](O)[C@H]2O)O[C@@H]2O[C@@H]([C@H](O)CO[C@@H]3O[C@@H]([C@@H](CO[C@H]4O[C@H](CO)[C@H](O)[C@H](O)[C@H]4O)O[C@@H]4O[C@@H]([C@H](O)CO)[C@H](O)[C@H]4O)[C@H](O)[C@H]3O)[C@H](O)[C@H]2O)[C@H](O)[C@H]1O. The van der Waals surface area contributed by atoms with Crippen molar-refractivity contribution in [3.8, 4) is 0 Å². The van der Waals surface area contributed by atoms with Crippen LogP contribution in [0.25, 0.3) is 0 Å². The highest BCUT2D eigenvalue weighted by atomic mass is 16.8. The molecule has 30 atom stereocenters. The third kappa shape index (κ3) is 16.6. The molecule has 464 valence electrons. The average molecular weight is 1160 g/mol. The summed E-state index contributed by atoms with van der Waals surface area (Å²) in [5.41, 5.74) is 0. The molecule has 31 nitrogen and oxygen atoms in total. The fourth-order valence-electron chi connectivity index (χ4n) is 10.2. The summed E-state index contributed by atoms with van der Waals surface area (Å²) in [4.78, 5) is 0. The van der Waals surface area contributed by atoms with E-state index in [1.807, 2.05) is 0 Å². The maximum atomic E-state index is 11.3. The predicted octanol–water partition coefficient (Wildman–Crippen LogP) is -9.16. The quantitative estimate of drug-likeness (QED) is 0.0278. The van der Waals surface area contributed by atoms with Crippen LogP contribution in [-0.4, -0.2) is 328 Å². The van der Waals surface area contributed by atoms with Gasteiger partial charge in [0.05, 0.1) is 39.6 Å². The van der Waals surface area contributed by atoms with E-state index in [1.165, 1.54) is 25.7 Å². The molecule has 0 aromatic rings. The molecule has 6 aliphatic heterocycles. The van der Waals surface area contributed by atoms with Crippen molar-refractivity contribution >= 4 is 0 Å². The average Bonchev–Trinajstić information content (AvgIpc) is 4.14. The van der Waals surface area contributed by atoms with Gasteiger partial charge in [-0.3, -0.25) is 0 Å². The van der Waals surface area contributed by atoms with Gasteiger partial charge in [-0.25, -0.2) is 0 Å². The molecule has 6 aliphatic rings. The summed E-state index contributed by atoms with van der Waals surface area (Å²) in [6.45, 7) is -2.73. The van der Waals surface area contributed by atoms with Crippen LogP contribution in [0.15, 0.2) is 0 Å². The first kappa shape index (κ1) is 66.9. The van der Waals surface area contributed by atoms with Gasteiger partial charge in [-0.1, -0.05) is 64.7 Å². The Labute approximate surface area is 454 Å². The molecular weight excluding hydrogens is 1070 g/mol. The first-order valence-corrected chi connectivity index (χ1v) is 27.1. The monoisotopic (exact) mass is 1160 g/mol. The summed E-state index contributed by atoms with van der Waals surface area (Å²) < 4.78 is 68.1. The number of unbranched alkanes of at least 4 members (excludes halogenated alkanes) is 9. The lowest BCUT2D eigenvalue weighted by molar-refractivity contribution is -0.315. The third-order valence-electron chi connectivity index (χ3n) is 15.1. The summed E-state index contributed by atoms with van der Waals surface area (Å²) in [5.74, 6) is 0. The fraction of sp³-hybridized carbons (Fsp3) is 1.00. The highest BCUT2D eigenvalue weighted by Gasteiger charge is 2.56. The smallest absolute Gasteiger partial charge is 0.187 e. The molecule has 6 heterocycles. The van der Waals surface area contributed by atoms with E-state index in [9.17, 15) is 97.0 Å². The highest BCUT2D eigenvalue weighted by molar-refractivity contribution is 4.99. The molecule has 79 heavy (non-hydrogen) atoms. The zero-order chi connectivity index (χ0) is 57.8. The highest BCUT2D eigenvalue weighted by Crippen LogP contribution is 2.35. The Hall–Kier alpha value is -1.24. The molecule has 31 heteroatoms. The van der Waals surface area contributed by atoms with E-state index in [4.69, 9.17) is 56.8 Å². The molecule has 6 rings (SSSR count). The van der Waals surface area contributed by atoms with Crippen molar-refractivity contribution in [1.29, 1.82) is 0 Å². The van der Waals surface area contributed by atoms with Gasteiger partial charge in [0, 0.05) is 6.61 Å². The van der Waals surface area contributed by atoms with Crippen molar-refractivity contribution in [2.45, 2.75) is 255 Å². The Morgan fingerprint density at radius 1 is 0.329 bits per heavy atom. The molecule has 0 aromatic heterocycles. The number of ether oxygens (including phenoxy) is 12. The molecule has 0 unspecified atom stereocenters. The van der Waals surface area contributed by atoms with Crippen molar-refractivity contribution in [3.63, 3.8) is 0 Å². The van der Waals surface area contributed by atoms with Gasteiger partial charge < -0.3 is 154 Å². The number of hydrogen-bond donors (Lipinski definition) is 19. The van der Waals surface area contributed by atoms with Crippen LogP contribution >= 0.6 is 0 Å². The van der Waals surface area contributed by atoms with E-state index in [-0.39, 0.29) is 6.61 Å². The van der Waals surface area contributed by atoms with Gasteiger partial charge in [-0.15, -0.1) is 0 Å². The van der Waals surface area contributed by atoms with Crippen LogP contribution in [0, 0.1) is 0 Å². The Balaban J connectivity index is 1.09. The van der Waals surface area contributed by atoms with Gasteiger partial charge >= 0.3 is 0 Å². The third-order valence-corrected chi connectivity index (χ3v) is 15.1. The molecule has 0 radical (unpaired) electrons. The van der Waals surface area contributed by atoms with Crippen LogP contribution < -0.4 is 0 Å². The molecule has 0 aromatic carbocycles. The van der Waals surface area contributed by atoms with Gasteiger partial charge in [-0.2, -0.15) is 0 Å². The van der Waals surface area contributed by atoms with E-state index in [0.29, 0.717) is 6.42 Å². The first-order valence-electron chi connectivity index (χ1n) is 27.1. The maximum absolute atomic E-state index is 11.3. The van der Waals surface area contributed by atoms with Crippen LogP contribution in [0.3, 0.4) is 0 Å². The van der Waals surface area contributed by atoms with Crippen LogP contribution in [0.5, 0.6) is 0 Å². The minimum absolute atomic E-state index is 0.141. The van der Waals surface area contributed by atoms with Crippen molar-refractivity contribution < 1.29 is 154 Å². The van der Waals surface area contributed by atoms with Crippen molar-refractivity contribution in [2.24, 2.45) is 0 Å². The standard InChI is InChI=1S/C48H86O31/c1-2-3-4-5-6-7-8-9-10-11-12-68-43-35(64)31(60)41(78-43)23(17-70-44-33(62)27(56)25(54)21(14-50)72-44)75-48-38(67)30(59)40(77-48)20(53)16-69-46-36(65)32(61)42(79-46)24(74-47-37(66)29(58)39(76-47)19(52)13-49)18-71-45-34(63)28(57)26(55)22(15-51)73-45/h19-67H,2-18H2,1H3/t19-,20-,21-,22-,23-,24-,25+,26+,27+,28+,29-,30-,31-,32-,33-,34-,35-,36-,37-,38-,39+,40+,41+,42+,43-,44+,45+,46-,47-,48-/m1/s1. The number of aliphatic hydroxyl groups excluding tert-OH is 19.